The molecule has 1 atom stereocenters. The van der Waals surface area contributed by atoms with Crippen molar-refractivity contribution in [2.75, 3.05) is 18.8 Å². The van der Waals surface area contributed by atoms with Gasteiger partial charge in [-0.25, -0.2) is 9.78 Å². The summed E-state index contributed by atoms with van der Waals surface area (Å²) in [7, 11) is -0.916. The van der Waals surface area contributed by atoms with Gasteiger partial charge in [0.15, 0.2) is 12.2 Å². The van der Waals surface area contributed by atoms with E-state index < -0.39 is 10.8 Å². The van der Waals surface area contributed by atoms with Crippen LogP contribution in [0, 0.1) is 0 Å². The highest BCUT2D eigenvalue weighted by Crippen LogP contribution is 2.23. The van der Waals surface area contributed by atoms with Crippen molar-refractivity contribution in [3.63, 3.8) is 0 Å². The highest BCUT2D eigenvalue weighted by molar-refractivity contribution is 7.86. The molecule has 2 heterocycles. The molecule has 1 aromatic heterocycles. The molecule has 0 bridgehead atoms. The van der Waals surface area contributed by atoms with Crippen molar-refractivity contribution in [1.82, 2.24) is 15.2 Å². The van der Waals surface area contributed by atoms with E-state index in [-0.39, 0.29) is 10.8 Å². The fraction of sp³-hybridized carbons (Fsp3) is 0.444. The summed E-state index contributed by atoms with van der Waals surface area (Å²) < 4.78 is 17.4. The van der Waals surface area contributed by atoms with E-state index in [4.69, 9.17) is 4.42 Å². The van der Waals surface area contributed by atoms with Crippen LogP contribution in [0.3, 0.4) is 0 Å². The molecule has 6 nitrogen and oxygen atoms in total. The average Bonchev–Trinajstić information content (AvgIpc) is 3.03. The molecule has 3 rings (SSSR count). The van der Waals surface area contributed by atoms with Crippen LogP contribution in [-0.4, -0.2) is 43.7 Å². The first kappa shape index (κ1) is 17.7. The van der Waals surface area contributed by atoms with Gasteiger partial charge < -0.3 is 14.6 Å². The topological polar surface area (TPSA) is 75.4 Å². The minimum absolute atomic E-state index is 0.156. The SMILES string of the molecule is CC1(C)CCN(C(=O)NCc2ncoc2-c2ccccc2)CCS1=O. The first-order valence-corrected chi connectivity index (χ1v) is 9.68. The van der Waals surface area contributed by atoms with Gasteiger partial charge in [-0.2, -0.15) is 0 Å². The minimum Gasteiger partial charge on any atom is -0.443 e. The van der Waals surface area contributed by atoms with Gasteiger partial charge in [-0.3, -0.25) is 4.21 Å². The summed E-state index contributed by atoms with van der Waals surface area (Å²) in [4.78, 5) is 18.4. The lowest BCUT2D eigenvalue weighted by atomic mass is 10.1. The maximum Gasteiger partial charge on any atom is 0.317 e. The lowest BCUT2D eigenvalue weighted by Gasteiger charge is -2.22. The van der Waals surface area contributed by atoms with E-state index in [2.05, 4.69) is 10.3 Å². The average molecular weight is 361 g/mol. The molecule has 7 heteroatoms. The van der Waals surface area contributed by atoms with Crippen molar-refractivity contribution in [2.24, 2.45) is 0 Å². The van der Waals surface area contributed by atoms with Gasteiger partial charge in [0, 0.05) is 40.0 Å². The van der Waals surface area contributed by atoms with Crippen molar-refractivity contribution in [1.29, 1.82) is 0 Å². The summed E-state index contributed by atoms with van der Waals surface area (Å²) in [5.41, 5.74) is 1.62. The van der Waals surface area contributed by atoms with E-state index in [1.807, 2.05) is 44.2 Å². The van der Waals surface area contributed by atoms with Crippen LogP contribution in [0.1, 0.15) is 26.0 Å². The maximum atomic E-state index is 12.5. The predicted molar refractivity (Wildman–Crippen MR) is 97.5 cm³/mol. The van der Waals surface area contributed by atoms with Crippen molar-refractivity contribution >= 4 is 16.8 Å². The van der Waals surface area contributed by atoms with Crippen LogP contribution in [0.4, 0.5) is 4.79 Å². The molecule has 2 amide bonds. The number of hydrogen-bond acceptors (Lipinski definition) is 4. The zero-order valence-electron chi connectivity index (χ0n) is 14.5. The van der Waals surface area contributed by atoms with Gasteiger partial charge in [-0.1, -0.05) is 30.3 Å². The third kappa shape index (κ3) is 4.10. The first-order valence-electron chi connectivity index (χ1n) is 8.36. The maximum absolute atomic E-state index is 12.5. The highest BCUT2D eigenvalue weighted by Gasteiger charge is 2.31. The van der Waals surface area contributed by atoms with E-state index in [1.54, 1.807) is 4.90 Å². The molecule has 1 aliphatic heterocycles. The molecule has 1 unspecified atom stereocenters. The zero-order chi connectivity index (χ0) is 17.9. The molecule has 1 fully saturated rings. The number of urea groups is 1. The Bertz CT molecular complexity index is 758. The standard InChI is InChI=1S/C18H23N3O3S/c1-18(2)8-9-21(10-11-25(18)23)17(22)19-12-15-16(24-13-20-15)14-6-4-3-5-7-14/h3-7,13H,8-12H2,1-2H3,(H,19,22). The van der Waals surface area contributed by atoms with Crippen LogP contribution in [0.2, 0.25) is 0 Å². The van der Waals surface area contributed by atoms with Crippen LogP contribution < -0.4 is 5.32 Å². The molecule has 0 spiro atoms. The Morgan fingerprint density at radius 3 is 2.84 bits per heavy atom. The van der Waals surface area contributed by atoms with Crippen molar-refractivity contribution in [2.45, 2.75) is 31.6 Å². The summed E-state index contributed by atoms with van der Waals surface area (Å²) >= 11 is 0. The normalized spacial score (nSPS) is 20.1. The lowest BCUT2D eigenvalue weighted by Crippen LogP contribution is -2.41. The van der Waals surface area contributed by atoms with E-state index in [0.29, 0.717) is 36.8 Å². The highest BCUT2D eigenvalue weighted by atomic mass is 32.2. The summed E-state index contributed by atoms with van der Waals surface area (Å²) in [6, 6.07) is 9.53. The zero-order valence-corrected chi connectivity index (χ0v) is 15.3. The van der Waals surface area contributed by atoms with Crippen molar-refractivity contribution in [3.8, 4) is 11.3 Å². The number of rotatable bonds is 3. The molecule has 25 heavy (non-hydrogen) atoms. The minimum atomic E-state index is -0.916. The first-order chi connectivity index (χ1) is 12.0. The summed E-state index contributed by atoms with van der Waals surface area (Å²) in [6.07, 6.45) is 2.12. The van der Waals surface area contributed by atoms with Crippen LogP contribution in [0.5, 0.6) is 0 Å². The summed E-state index contributed by atoms with van der Waals surface area (Å²) in [5.74, 6) is 1.18. The molecule has 1 saturated heterocycles. The Kier molecular flexibility index (Phi) is 5.22. The van der Waals surface area contributed by atoms with E-state index in [1.165, 1.54) is 6.39 Å². The van der Waals surface area contributed by atoms with E-state index >= 15 is 0 Å². The van der Waals surface area contributed by atoms with Gasteiger partial charge in [0.1, 0.15) is 5.69 Å². The van der Waals surface area contributed by atoms with Crippen LogP contribution in [0.25, 0.3) is 11.3 Å². The van der Waals surface area contributed by atoms with Crippen LogP contribution in [0.15, 0.2) is 41.1 Å². The Balaban J connectivity index is 1.62. The van der Waals surface area contributed by atoms with Crippen LogP contribution >= 0.6 is 0 Å². The summed E-state index contributed by atoms with van der Waals surface area (Å²) in [6.45, 7) is 5.39. The van der Waals surface area contributed by atoms with Gasteiger partial charge in [0.05, 0.1) is 6.54 Å². The van der Waals surface area contributed by atoms with E-state index in [0.717, 1.165) is 12.0 Å². The van der Waals surface area contributed by atoms with Crippen LogP contribution in [-0.2, 0) is 17.3 Å². The quantitative estimate of drug-likeness (QED) is 0.912. The molecule has 0 aliphatic carbocycles. The molecule has 1 N–H and O–H groups in total. The molecule has 1 aliphatic rings. The Morgan fingerprint density at radius 1 is 1.32 bits per heavy atom. The third-order valence-electron chi connectivity index (χ3n) is 4.52. The number of nitrogens with one attached hydrogen (secondary N) is 1. The smallest absolute Gasteiger partial charge is 0.317 e. The fourth-order valence-electron chi connectivity index (χ4n) is 2.79. The number of oxazole rings is 1. The number of carbonyl (C=O) groups is 1. The number of benzene rings is 1. The second-order valence-corrected chi connectivity index (χ2v) is 8.90. The molecule has 2 aromatic rings. The van der Waals surface area contributed by atoms with Gasteiger partial charge in [0.25, 0.3) is 0 Å². The number of aromatic nitrogens is 1. The number of carbonyl (C=O) groups excluding carboxylic acids is 1. The molecule has 1 aromatic carbocycles. The Labute approximate surface area is 150 Å². The van der Waals surface area contributed by atoms with Crippen molar-refractivity contribution < 1.29 is 13.4 Å². The van der Waals surface area contributed by atoms with Gasteiger partial charge in [-0.05, 0) is 20.3 Å². The molecule has 0 saturated carbocycles. The summed E-state index contributed by atoms with van der Waals surface area (Å²) in [5, 5.41) is 2.90. The fourth-order valence-corrected chi connectivity index (χ4v) is 4.05. The molecule has 134 valence electrons. The number of amides is 2. The monoisotopic (exact) mass is 361 g/mol. The third-order valence-corrected chi connectivity index (χ3v) is 6.51. The van der Waals surface area contributed by atoms with Gasteiger partial charge in [-0.15, -0.1) is 0 Å². The molecular formula is C18H23N3O3S. The van der Waals surface area contributed by atoms with Gasteiger partial charge in [0.2, 0.25) is 0 Å². The molecular weight excluding hydrogens is 338 g/mol. The lowest BCUT2D eigenvalue weighted by molar-refractivity contribution is 0.199. The second-order valence-electron chi connectivity index (χ2n) is 6.70. The Hall–Kier alpha value is -2.15. The number of nitrogens with zero attached hydrogens (tertiary/aromatic N) is 2. The Morgan fingerprint density at radius 2 is 2.08 bits per heavy atom. The largest absolute Gasteiger partial charge is 0.443 e. The predicted octanol–water partition coefficient (Wildman–Crippen LogP) is 2.78. The number of hydrogen-bond donors (Lipinski definition) is 1. The molecule has 0 radical (unpaired) electrons. The van der Waals surface area contributed by atoms with E-state index in [9.17, 15) is 9.00 Å². The van der Waals surface area contributed by atoms with Gasteiger partial charge >= 0.3 is 6.03 Å². The van der Waals surface area contributed by atoms with Crippen molar-refractivity contribution in [3.05, 3.63) is 42.4 Å². The second kappa shape index (κ2) is 7.39.